The van der Waals surface area contributed by atoms with Crippen molar-refractivity contribution in [1.82, 2.24) is 0 Å². The van der Waals surface area contributed by atoms with Crippen LogP contribution in [0.1, 0.15) is 52.7 Å². The van der Waals surface area contributed by atoms with Crippen LogP contribution in [0.5, 0.6) is 0 Å². The average Bonchev–Trinajstić information content (AvgIpc) is 2.94. The fourth-order valence-electron chi connectivity index (χ4n) is 5.42. The first-order chi connectivity index (χ1) is 14.1. The summed E-state index contributed by atoms with van der Waals surface area (Å²) in [6.07, 6.45) is 0. The van der Waals surface area contributed by atoms with Gasteiger partial charge in [-0.3, -0.25) is 4.79 Å². The molecule has 0 atom stereocenters. The Morgan fingerprint density at radius 2 is 1.43 bits per heavy atom. The maximum absolute atomic E-state index is 13.8. The Labute approximate surface area is 191 Å². The molecular weight excluding hydrogens is 429 g/mol. The van der Waals surface area contributed by atoms with E-state index >= 15 is 0 Å². The molecule has 1 aliphatic rings. The molecule has 0 aromatic heterocycles. The number of carbonyl (C=O) groups is 1. The Balaban J connectivity index is 2.21. The van der Waals surface area contributed by atoms with E-state index in [4.69, 9.17) is 23.2 Å². The molecule has 3 rings (SSSR count). The lowest BCUT2D eigenvalue weighted by Gasteiger charge is -2.43. The van der Waals surface area contributed by atoms with Gasteiger partial charge in [0.15, 0.2) is 0 Å². The molecule has 30 heavy (non-hydrogen) atoms. The summed E-state index contributed by atoms with van der Waals surface area (Å²) in [5, 5.41) is 0.668. The molecule has 160 valence electrons. The number of carbonyl (C=O) groups excluding carboxylic acids is 1. The molecule has 1 aliphatic heterocycles. The number of para-hydroxylation sites is 1. The molecule has 2 nitrogen and oxygen atoms in total. The highest BCUT2D eigenvalue weighted by molar-refractivity contribution is 6.98. The highest BCUT2D eigenvalue weighted by atomic mass is 35.5. The predicted octanol–water partition coefficient (Wildman–Crippen LogP) is 8.05. The number of amides is 1. The van der Waals surface area contributed by atoms with Crippen LogP contribution in [0.15, 0.2) is 53.2 Å². The number of halogens is 2. The largest absolute Gasteiger partial charge is 0.303 e. The monoisotopic (exact) mass is 459 g/mol. The van der Waals surface area contributed by atoms with Crippen molar-refractivity contribution in [2.45, 2.75) is 64.7 Å². The van der Waals surface area contributed by atoms with Gasteiger partial charge in [-0.1, -0.05) is 101 Å². The maximum atomic E-state index is 13.8. The van der Waals surface area contributed by atoms with Gasteiger partial charge in [0.05, 0.1) is 17.8 Å². The molecule has 2 aromatic rings. The van der Waals surface area contributed by atoms with E-state index in [1.54, 1.807) is 0 Å². The van der Waals surface area contributed by atoms with Crippen molar-refractivity contribution in [3.63, 3.8) is 0 Å². The molecule has 5 heteroatoms. The fraction of sp³-hybridized carbons (Fsp3) is 0.400. The molecule has 0 bridgehead atoms. The Hall–Kier alpha value is -1.55. The number of hydrogen-bond acceptors (Lipinski definition) is 1. The van der Waals surface area contributed by atoms with Crippen LogP contribution in [0.2, 0.25) is 21.6 Å². The third kappa shape index (κ3) is 3.66. The van der Waals surface area contributed by atoms with E-state index in [-0.39, 0.29) is 5.91 Å². The van der Waals surface area contributed by atoms with Gasteiger partial charge in [0.2, 0.25) is 0 Å². The quantitative estimate of drug-likeness (QED) is 0.315. The number of nitrogens with zero attached hydrogens (tertiary/aromatic N) is 1. The zero-order valence-corrected chi connectivity index (χ0v) is 21.2. The fourth-order valence-corrected chi connectivity index (χ4v) is 14.0. The topological polar surface area (TPSA) is 20.3 Å². The van der Waals surface area contributed by atoms with Gasteiger partial charge >= 0.3 is 0 Å². The Morgan fingerprint density at radius 1 is 0.900 bits per heavy atom. The van der Waals surface area contributed by atoms with Crippen molar-refractivity contribution in [2.24, 2.45) is 0 Å². The van der Waals surface area contributed by atoms with Gasteiger partial charge < -0.3 is 4.90 Å². The van der Waals surface area contributed by atoms with Crippen molar-refractivity contribution in [2.75, 3.05) is 4.90 Å². The highest BCUT2D eigenvalue weighted by Crippen LogP contribution is 2.52. The number of benzene rings is 2. The van der Waals surface area contributed by atoms with Crippen molar-refractivity contribution in [3.05, 3.63) is 69.3 Å². The smallest absolute Gasteiger partial charge is 0.260 e. The van der Waals surface area contributed by atoms with E-state index < -0.39 is 8.07 Å². The zero-order chi connectivity index (χ0) is 22.2. The second-order valence-corrected chi connectivity index (χ2v) is 16.0. The molecule has 0 fully saturated rings. The number of fused-ring (bicyclic) bond motifs is 1. The minimum absolute atomic E-state index is 0.0139. The second-order valence-electron chi connectivity index (χ2n) is 9.09. The van der Waals surface area contributed by atoms with Crippen LogP contribution in [-0.2, 0) is 11.3 Å². The minimum atomic E-state index is -2.17. The summed E-state index contributed by atoms with van der Waals surface area (Å²) in [6.45, 7) is 14.0. The molecule has 1 amide bonds. The predicted molar refractivity (Wildman–Crippen MR) is 133 cm³/mol. The maximum Gasteiger partial charge on any atom is 0.260 e. The van der Waals surface area contributed by atoms with E-state index in [1.807, 2.05) is 53.4 Å². The summed E-state index contributed by atoms with van der Waals surface area (Å²) in [6, 6.07) is 15.7. The number of anilines is 1. The van der Waals surface area contributed by atoms with Crippen LogP contribution in [0.25, 0.3) is 5.57 Å². The number of hydrogen-bond donors (Lipinski definition) is 0. The minimum Gasteiger partial charge on any atom is -0.303 e. The van der Waals surface area contributed by atoms with Gasteiger partial charge in [-0.25, -0.2) is 0 Å². The summed E-state index contributed by atoms with van der Waals surface area (Å²) in [7, 11) is -2.17. The van der Waals surface area contributed by atoms with Crippen molar-refractivity contribution in [3.8, 4) is 0 Å². The third-order valence-electron chi connectivity index (χ3n) is 6.68. The molecule has 0 aliphatic carbocycles. The molecule has 0 radical (unpaired) electrons. The van der Waals surface area contributed by atoms with Crippen LogP contribution in [-0.4, -0.2) is 14.0 Å². The summed E-state index contributed by atoms with van der Waals surface area (Å²) < 4.78 is 0.821. The van der Waals surface area contributed by atoms with E-state index in [9.17, 15) is 4.79 Å². The lowest BCUT2D eigenvalue weighted by molar-refractivity contribution is -0.113. The van der Waals surface area contributed by atoms with Crippen LogP contribution >= 0.6 is 23.2 Å². The van der Waals surface area contributed by atoms with Crippen LogP contribution in [0, 0.1) is 0 Å². The summed E-state index contributed by atoms with van der Waals surface area (Å²) in [5.41, 5.74) is 4.76. The molecule has 1 heterocycles. The van der Waals surface area contributed by atoms with Crippen molar-refractivity contribution < 1.29 is 4.79 Å². The van der Waals surface area contributed by atoms with Gasteiger partial charge in [0.25, 0.3) is 5.91 Å². The molecule has 2 aromatic carbocycles. The van der Waals surface area contributed by atoms with E-state index in [0.717, 1.165) is 21.5 Å². The molecule has 0 saturated carbocycles. The number of rotatable bonds is 6. The van der Waals surface area contributed by atoms with Crippen LogP contribution in [0.3, 0.4) is 0 Å². The van der Waals surface area contributed by atoms with Crippen molar-refractivity contribution >= 4 is 48.4 Å². The Morgan fingerprint density at radius 3 is 2.00 bits per heavy atom. The molecular formula is C25H31Cl2NOSi. The third-order valence-corrected chi connectivity index (χ3v) is 15.0. The van der Waals surface area contributed by atoms with Gasteiger partial charge in [-0.15, -0.1) is 0 Å². The first-order valence-corrected chi connectivity index (χ1v) is 13.7. The lowest BCUT2D eigenvalue weighted by atomic mass is 10.1. The van der Waals surface area contributed by atoms with Gasteiger partial charge in [-0.05, 0) is 34.3 Å². The van der Waals surface area contributed by atoms with Gasteiger partial charge in [-0.2, -0.15) is 0 Å². The van der Waals surface area contributed by atoms with E-state index in [2.05, 4.69) is 41.5 Å². The normalized spacial score (nSPS) is 16.1. The summed E-state index contributed by atoms with van der Waals surface area (Å²) in [5.74, 6) is -0.0139. The van der Waals surface area contributed by atoms with Crippen molar-refractivity contribution in [1.29, 1.82) is 0 Å². The van der Waals surface area contributed by atoms with Gasteiger partial charge in [0, 0.05) is 15.2 Å². The van der Waals surface area contributed by atoms with E-state index in [0.29, 0.717) is 33.8 Å². The SMILES string of the molecule is CC(C)[Si](/C(Cl)=C1\C(=O)N(Cc2ccccc2Cl)c2ccccc21)(C(C)C)C(C)C. The van der Waals surface area contributed by atoms with Crippen LogP contribution in [0.4, 0.5) is 5.69 Å². The first-order valence-electron chi connectivity index (χ1n) is 10.7. The van der Waals surface area contributed by atoms with E-state index in [1.165, 1.54) is 0 Å². The second kappa shape index (κ2) is 8.90. The van der Waals surface area contributed by atoms with Crippen LogP contribution < -0.4 is 4.90 Å². The Kier molecular flexibility index (Phi) is 6.86. The zero-order valence-electron chi connectivity index (χ0n) is 18.7. The average molecular weight is 461 g/mol. The molecule has 0 N–H and O–H groups in total. The molecule has 0 unspecified atom stereocenters. The lowest BCUT2D eigenvalue weighted by Crippen LogP contribution is -2.46. The standard InChI is InChI=1S/C25H31Cl2NOSi/c1-16(2)30(17(3)4,18(5)6)24(27)23-20-12-8-10-14-22(20)28(25(23)29)15-19-11-7-9-13-21(19)26/h7-14,16-18H,15H2,1-6H3/b24-23-. The summed E-state index contributed by atoms with van der Waals surface area (Å²) in [4.78, 5) is 15.6. The molecule has 0 spiro atoms. The van der Waals surface area contributed by atoms with Gasteiger partial charge in [0.1, 0.15) is 8.07 Å². The summed E-state index contributed by atoms with van der Waals surface area (Å²) >= 11 is 13.7. The Bertz CT molecular complexity index is 959. The highest BCUT2D eigenvalue weighted by Gasteiger charge is 2.49. The first kappa shape index (κ1) is 23.1. The molecule has 0 saturated heterocycles.